The van der Waals surface area contributed by atoms with Crippen molar-refractivity contribution in [1.82, 2.24) is 0 Å². The summed E-state index contributed by atoms with van der Waals surface area (Å²) < 4.78 is 18.1. The first-order valence-electron chi connectivity index (χ1n) is 17.8. The molecule has 4 rings (SSSR count). The summed E-state index contributed by atoms with van der Waals surface area (Å²) in [6.07, 6.45) is 28.8. The lowest BCUT2D eigenvalue weighted by molar-refractivity contribution is 0.556. The van der Waals surface area contributed by atoms with E-state index in [1.54, 1.807) is 0 Å². The summed E-state index contributed by atoms with van der Waals surface area (Å²) >= 11 is 11.5. The van der Waals surface area contributed by atoms with Crippen LogP contribution in [0.2, 0.25) is 0 Å². The maximum absolute atomic E-state index is 15.7. The molecule has 0 saturated heterocycles. The number of hydrogen-bond donors (Lipinski definition) is 0. The van der Waals surface area contributed by atoms with Crippen molar-refractivity contribution < 1.29 is 4.57 Å². The highest BCUT2D eigenvalue weighted by atomic mass is 79.9. The van der Waals surface area contributed by atoms with Crippen LogP contribution in [0.1, 0.15) is 153 Å². The van der Waals surface area contributed by atoms with Crippen LogP contribution in [0.5, 0.6) is 0 Å². The minimum Gasteiger partial charge on any atom is -0.309 e. The van der Waals surface area contributed by atoms with Crippen molar-refractivity contribution in [3.05, 3.63) is 49.0 Å². The molecule has 3 heterocycles. The molecule has 1 aliphatic heterocycles. The van der Waals surface area contributed by atoms with Gasteiger partial charge in [0.05, 0.1) is 17.3 Å². The molecule has 1 nitrogen and oxygen atoms in total. The van der Waals surface area contributed by atoms with E-state index in [9.17, 15) is 0 Å². The maximum atomic E-state index is 15.7. The molecule has 0 bridgehead atoms. The van der Waals surface area contributed by atoms with Gasteiger partial charge in [0.1, 0.15) is 0 Å². The molecular weight excluding hydrogens is 727 g/mol. The molecule has 44 heavy (non-hydrogen) atoms. The highest BCUT2D eigenvalue weighted by molar-refractivity contribution is 9.11. The van der Waals surface area contributed by atoms with Crippen molar-refractivity contribution in [2.75, 3.05) is 0 Å². The number of unbranched alkanes of at least 4 members (excludes halogenated alkanes) is 18. The van der Waals surface area contributed by atoms with Gasteiger partial charge in [-0.15, -0.1) is 22.7 Å². The molecule has 0 fully saturated rings. The number of benzene rings is 1. The Morgan fingerprint density at radius 3 is 1.23 bits per heavy atom. The van der Waals surface area contributed by atoms with Crippen LogP contribution in [-0.2, 0) is 17.4 Å². The molecule has 0 radical (unpaired) electrons. The van der Waals surface area contributed by atoms with Crippen LogP contribution in [0.3, 0.4) is 0 Å². The van der Waals surface area contributed by atoms with Crippen molar-refractivity contribution >= 4 is 77.6 Å². The van der Waals surface area contributed by atoms with Crippen LogP contribution in [0.15, 0.2) is 37.9 Å². The van der Waals surface area contributed by atoms with Gasteiger partial charge in [-0.05, 0) is 68.7 Å². The van der Waals surface area contributed by atoms with Crippen LogP contribution in [0.4, 0.5) is 0 Å². The van der Waals surface area contributed by atoms with E-state index in [2.05, 4.69) is 76.0 Å². The van der Waals surface area contributed by atoms with Gasteiger partial charge in [0, 0.05) is 15.9 Å². The van der Waals surface area contributed by atoms with E-state index in [-0.39, 0.29) is 0 Å². The second-order valence-corrected chi connectivity index (χ2v) is 20.2. The van der Waals surface area contributed by atoms with E-state index in [4.69, 9.17) is 0 Å². The predicted octanol–water partition coefficient (Wildman–Crippen LogP) is 13.9. The van der Waals surface area contributed by atoms with E-state index < -0.39 is 7.14 Å². The van der Waals surface area contributed by atoms with Gasteiger partial charge in [0.25, 0.3) is 0 Å². The Morgan fingerprint density at radius 2 is 0.864 bits per heavy atom. The highest BCUT2D eigenvalue weighted by Crippen LogP contribution is 2.61. The van der Waals surface area contributed by atoms with Crippen LogP contribution in [0.25, 0.3) is 9.75 Å². The van der Waals surface area contributed by atoms with Crippen molar-refractivity contribution in [1.29, 1.82) is 0 Å². The van der Waals surface area contributed by atoms with Gasteiger partial charge in [-0.1, -0.05) is 160 Å². The second kappa shape index (κ2) is 19.6. The fourth-order valence-electron chi connectivity index (χ4n) is 6.85. The molecule has 2 aromatic heterocycles. The average Bonchev–Trinajstić information content (AvgIpc) is 3.62. The molecular formula is C38H55Br2OPS2. The highest BCUT2D eigenvalue weighted by Gasteiger charge is 2.47. The Morgan fingerprint density at radius 1 is 0.523 bits per heavy atom. The predicted molar refractivity (Wildman–Crippen MR) is 207 cm³/mol. The first-order valence-corrected chi connectivity index (χ1v) is 22.8. The summed E-state index contributed by atoms with van der Waals surface area (Å²) in [7, 11) is -2.93. The molecule has 0 amide bonds. The lowest BCUT2D eigenvalue weighted by Crippen LogP contribution is -2.24. The van der Waals surface area contributed by atoms with Gasteiger partial charge in [-0.2, -0.15) is 0 Å². The minimum absolute atomic E-state index is 1.00. The zero-order chi connectivity index (χ0) is 31.2. The largest absolute Gasteiger partial charge is 0.309 e. The molecule has 1 aromatic carbocycles. The van der Waals surface area contributed by atoms with Crippen molar-refractivity contribution in [3.63, 3.8) is 0 Å². The minimum atomic E-state index is -2.93. The van der Waals surface area contributed by atoms with Gasteiger partial charge in [-0.25, -0.2) is 0 Å². The Balaban J connectivity index is 1.41. The number of rotatable bonds is 23. The van der Waals surface area contributed by atoms with Crippen molar-refractivity contribution in [2.45, 2.75) is 155 Å². The summed E-state index contributed by atoms with van der Waals surface area (Å²) in [5.74, 6) is 0. The lowest BCUT2D eigenvalue weighted by atomic mass is 10.0. The zero-order valence-corrected chi connectivity index (χ0v) is 33.1. The summed E-state index contributed by atoms with van der Waals surface area (Å²) in [5.41, 5.74) is 2.64. The van der Waals surface area contributed by atoms with Gasteiger partial charge in [0.2, 0.25) is 0 Å². The average molecular weight is 783 g/mol. The molecule has 3 aromatic rings. The normalized spacial score (nSPS) is 13.5. The molecule has 1 aliphatic rings. The van der Waals surface area contributed by atoms with Gasteiger partial charge < -0.3 is 4.57 Å². The summed E-state index contributed by atoms with van der Waals surface area (Å²) in [4.78, 5) is 2.53. The quantitative estimate of drug-likeness (QED) is 0.0541. The summed E-state index contributed by atoms with van der Waals surface area (Å²) in [6.45, 7) is 4.58. The summed E-state index contributed by atoms with van der Waals surface area (Å²) in [5, 5.41) is 3.33. The topological polar surface area (TPSA) is 17.1 Å². The van der Waals surface area contributed by atoms with E-state index in [0.717, 1.165) is 28.8 Å². The molecule has 0 N–H and O–H groups in total. The van der Waals surface area contributed by atoms with Crippen molar-refractivity contribution in [3.8, 4) is 9.75 Å². The first kappa shape index (κ1) is 36.6. The van der Waals surface area contributed by atoms with E-state index in [1.807, 2.05) is 22.7 Å². The number of halogens is 2. The fourth-order valence-corrected chi connectivity index (χ4v) is 15.7. The molecule has 0 saturated carbocycles. The Bertz CT molecular complexity index is 1230. The third-order valence-electron chi connectivity index (χ3n) is 9.38. The number of hydrogen-bond acceptors (Lipinski definition) is 3. The molecule has 0 atom stereocenters. The van der Waals surface area contributed by atoms with E-state index >= 15 is 4.57 Å². The van der Waals surface area contributed by atoms with Crippen LogP contribution < -0.4 is 15.9 Å². The third-order valence-corrected chi connectivity index (χ3v) is 17.1. The first-order chi connectivity index (χ1) is 21.5. The van der Waals surface area contributed by atoms with Gasteiger partial charge in [-0.3, -0.25) is 0 Å². The van der Waals surface area contributed by atoms with E-state index in [1.165, 1.54) is 157 Å². The Kier molecular flexibility index (Phi) is 16.3. The van der Waals surface area contributed by atoms with E-state index in [0.29, 0.717) is 0 Å². The van der Waals surface area contributed by atoms with Crippen molar-refractivity contribution in [2.24, 2.45) is 0 Å². The van der Waals surface area contributed by atoms with Gasteiger partial charge in [0.15, 0.2) is 7.14 Å². The molecule has 0 unspecified atom stereocenters. The van der Waals surface area contributed by atoms with Crippen LogP contribution in [0, 0.1) is 0 Å². The maximum Gasteiger partial charge on any atom is 0.174 e. The van der Waals surface area contributed by atoms with Crippen LogP contribution in [-0.4, -0.2) is 0 Å². The molecule has 244 valence electrons. The molecule has 6 heteroatoms. The third kappa shape index (κ3) is 9.46. The number of thiophene rings is 2. The number of fused-ring (bicyclic) bond motifs is 3. The summed E-state index contributed by atoms with van der Waals surface area (Å²) in [6, 6.07) is 10.4. The standard InChI is InChI=1S/C38H55Br2OPS2/c1-3-5-7-9-11-13-15-17-19-24-28-31-33-35(43-37(31)39)36-34(42(33,41)30-26-22-21-23-27-30)32(38(40)44-36)29-25-20-18-16-14-12-10-8-6-4-2/h21-23,26-27H,3-20,24-25,28-29H2,1-2H3. The molecule has 0 aliphatic carbocycles. The molecule has 0 spiro atoms. The second-order valence-electron chi connectivity index (χ2n) is 12.9. The van der Waals surface area contributed by atoms with Gasteiger partial charge >= 0.3 is 0 Å². The fraction of sp³-hybridized carbons (Fsp3) is 0.632. The monoisotopic (exact) mass is 780 g/mol. The smallest absolute Gasteiger partial charge is 0.174 e. The SMILES string of the molecule is CCCCCCCCCCCCc1c(Br)sc2c1P(=O)(c1ccccc1)c1c-2sc(Br)c1CCCCCCCCCCCC. The Hall–Kier alpha value is -0.190. The zero-order valence-electron chi connectivity index (χ0n) is 27.4. The Labute approximate surface area is 294 Å². The van der Waals surface area contributed by atoms with Crippen LogP contribution >= 0.6 is 61.7 Å². The lowest BCUT2D eigenvalue weighted by Gasteiger charge is -2.19.